The van der Waals surface area contributed by atoms with Crippen molar-refractivity contribution in [3.63, 3.8) is 0 Å². The molecule has 2 nitrogen and oxygen atoms in total. The highest BCUT2D eigenvalue weighted by atomic mass is 35.5. The first-order chi connectivity index (χ1) is 9.61. The van der Waals surface area contributed by atoms with E-state index in [1.165, 1.54) is 5.56 Å². The van der Waals surface area contributed by atoms with E-state index in [0.717, 1.165) is 11.3 Å². The minimum atomic E-state index is 0.218. The molecule has 2 rings (SSSR count). The summed E-state index contributed by atoms with van der Waals surface area (Å²) < 4.78 is 5.15. The smallest absolute Gasteiger partial charge is 0.118 e. The topological polar surface area (TPSA) is 21.3 Å². The van der Waals surface area contributed by atoms with Gasteiger partial charge >= 0.3 is 0 Å². The number of nitrogens with one attached hydrogen (secondary N) is 1. The van der Waals surface area contributed by atoms with Crippen LogP contribution in [0.25, 0.3) is 0 Å². The van der Waals surface area contributed by atoms with Crippen LogP contribution in [0.2, 0.25) is 10.0 Å². The van der Waals surface area contributed by atoms with Crippen LogP contribution in [0.15, 0.2) is 42.5 Å². The van der Waals surface area contributed by atoms with Crippen LogP contribution in [-0.4, -0.2) is 7.11 Å². The highest BCUT2D eigenvalue weighted by Crippen LogP contribution is 2.26. The number of ether oxygens (including phenoxy) is 1. The van der Waals surface area contributed by atoms with Crippen molar-refractivity contribution in [1.29, 1.82) is 0 Å². The molecule has 4 heteroatoms. The van der Waals surface area contributed by atoms with Gasteiger partial charge in [-0.05, 0) is 36.2 Å². The maximum absolute atomic E-state index is 6.17. The maximum atomic E-state index is 6.17. The molecule has 20 heavy (non-hydrogen) atoms. The molecule has 0 aliphatic rings. The van der Waals surface area contributed by atoms with E-state index in [2.05, 4.69) is 24.4 Å². The third-order valence-electron chi connectivity index (χ3n) is 3.25. The Morgan fingerprint density at radius 1 is 1.10 bits per heavy atom. The number of rotatable bonds is 5. The minimum Gasteiger partial charge on any atom is -0.497 e. The third-order valence-corrected chi connectivity index (χ3v) is 4.10. The lowest BCUT2D eigenvalue weighted by Crippen LogP contribution is -2.18. The van der Waals surface area contributed by atoms with Crippen LogP contribution < -0.4 is 10.1 Å². The Hall–Kier alpha value is -1.22. The van der Waals surface area contributed by atoms with E-state index < -0.39 is 0 Å². The molecule has 0 bridgehead atoms. The van der Waals surface area contributed by atoms with Gasteiger partial charge in [-0.25, -0.2) is 0 Å². The second kappa shape index (κ2) is 6.98. The molecule has 1 atom stereocenters. The molecule has 2 aromatic carbocycles. The second-order valence-corrected chi connectivity index (χ2v) is 5.37. The van der Waals surface area contributed by atoms with Crippen LogP contribution in [0.5, 0.6) is 5.75 Å². The standard InChI is InChI=1S/C16H17Cl2NO/c1-11(12-6-8-14(20-2)9-7-12)19-10-13-4-3-5-15(17)16(13)18/h3-9,11,19H,10H2,1-2H3/t11-/m1/s1. The summed E-state index contributed by atoms with van der Waals surface area (Å²) in [4.78, 5) is 0. The lowest BCUT2D eigenvalue weighted by molar-refractivity contribution is 0.414. The van der Waals surface area contributed by atoms with Gasteiger partial charge in [-0.1, -0.05) is 47.5 Å². The number of hydrogen-bond donors (Lipinski definition) is 1. The van der Waals surface area contributed by atoms with E-state index in [-0.39, 0.29) is 6.04 Å². The highest BCUT2D eigenvalue weighted by molar-refractivity contribution is 6.42. The van der Waals surface area contributed by atoms with Crippen molar-refractivity contribution < 1.29 is 4.74 Å². The summed E-state index contributed by atoms with van der Waals surface area (Å²) >= 11 is 12.2. The van der Waals surface area contributed by atoms with Gasteiger partial charge < -0.3 is 10.1 Å². The van der Waals surface area contributed by atoms with Gasteiger partial charge in [0.15, 0.2) is 0 Å². The van der Waals surface area contributed by atoms with Gasteiger partial charge in [-0.3, -0.25) is 0 Å². The zero-order valence-corrected chi connectivity index (χ0v) is 13.0. The van der Waals surface area contributed by atoms with Crippen LogP contribution in [0.1, 0.15) is 24.1 Å². The van der Waals surface area contributed by atoms with Crippen molar-refractivity contribution in [3.05, 3.63) is 63.6 Å². The predicted molar refractivity (Wildman–Crippen MR) is 84.7 cm³/mol. The van der Waals surface area contributed by atoms with E-state index in [9.17, 15) is 0 Å². The molecule has 0 aromatic heterocycles. The number of hydrogen-bond acceptors (Lipinski definition) is 2. The molecule has 0 unspecified atom stereocenters. The molecular formula is C16H17Cl2NO. The first-order valence-corrected chi connectivity index (χ1v) is 7.17. The van der Waals surface area contributed by atoms with Crippen molar-refractivity contribution in [2.75, 3.05) is 7.11 Å². The largest absolute Gasteiger partial charge is 0.497 e. The zero-order valence-electron chi connectivity index (χ0n) is 11.5. The van der Waals surface area contributed by atoms with Gasteiger partial charge in [0.2, 0.25) is 0 Å². The average Bonchev–Trinajstić information content (AvgIpc) is 2.48. The molecule has 0 fully saturated rings. The Balaban J connectivity index is 2.00. The van der Waals surface area contributed by atoms with Crippen molar-refractivity contribution in [1.82, 2.24) is 5.32 Å². The quantitative estimate of drug-likeness (QED) is 0.852. The fraction of sp³-hybridized carbons (Fsp3) is 0.250. The molecule has 0 aliphatic heterocycles. The molecule has 0 radical (unpaired) electrons. The van der Waals surface area contributed by atoms with Crippen molar-refractivity contribution in [3.8, 4) is 5.75 Å². The second-order valence-electron chi connectivity index (χ2n) is 4.59. The van der Waals surface area contributed by atoms with Gasteiger partial charge in [0.25, 0.3) is 0 Å². The third kappa shape index (κ3) is 3.66. The van der Waals surface area contributed by atoms with E-state index in [4.69, 9.17) is 27.9 Å². The van der Waals surface area contributed by atoms with Crippen LogP contribution >= 0.6 is 23.2 Å². The summed E-state index contributed by atoms with van der Waals surface area (Å²) in [5.74, 6) is 0.860. The molecule has 2 aromatic rings. The maximum Gasteiger partial charge on any atom is 0.118 e. The first kappa shape index (κ1) is 15.2. The van der Waals surface area contributed by atoms with Gasteiger partial charge in [-0.15, -0.1) is 0 Å². The van der Waals surface area contributed by atoms with Crippen LogP contribution in [-0.2, 0) is 6.54 Å². The van der Waals surface area contributed by atoms with Crippen molar-refractivity contribution in [2.45, 2.75) is 19.5 Å². The summed E-state index contributed by atoms with van der Waals surface area (Å²) in [6, 6.07) is 13.9. The van der Waals surface area contributed by atoms with Gasteiger partial charge in [-0.2, -0.15) is 0 Å². The zero-order chi connectivity index (χ0) is 14.5. The molecule has 1 N–H and O–H groups in total. The first-order valence-electron chi connectivity index (χ1n) is 6.42. The Kier molecular flexibility index (Phi) is 5.30. The van der Waals surface area contributed by atoms with Crippen molar-refractivity contribution in [2.24, 2.45) is 0 Å². The summed E-state index contributed by atoms with van der Waals surface area (Å²) in [5, 5.41) is 4.64. The molecule has 106 valence electrons. The number of halogens is 2. The summed E-state index contributed by atoms with van der Waals surface area (Å²) in [6.07, 6.45) is 0. The van der Waals surface area contributed by atoms with Crippen LogP contribution in [0.3, 0.4) is 0 Å². The van der Waals surface area contributed by atoms with Gasteiger partial charge in [0.1, 0.15) is 5.75 Å². The van der Waals surface area contributed by atoms with Crippen LogP contribution in [0, 0.1) is 0 Å². The Morgan fingerprint density at radius 3 is 2.45 bits per heavy atom. The van der Waals surface area contributed by atoms with Crippen LogP contribution in [0.4, 0.5) is 0 Å². The lowest BCUT2D eigenvalue weighted by atomic mass is 10.1. The fourth-order valence-corrected chi connectivity index (χ4v) is 2.35. The van der Waals surface area contributed by atoms with Crippen molar-refractivity contribution >= 4 is 23.2 Å². The lowest BCUT2D eigenvalue weighted by Gasteiger charge is -2.15. The Labute approximate surface area is 129 Å². The molecule has 0 spiro atoms. The normalized spacial score (nSPS) is 12.2. The van der Waals surface area contributed by atoms with E-state index in [1.807, 2.05) is 24.3 Å². The van der Waals surface area contributed by atoms with Gasteiger partial charge in [0, 0.05) is 12.6 Å². The average molecular weight is 310 g/mol. The molecule has 0 saturated carbocycles. The highest BCUT2D eigenvalue weighted by Gasteiger charge is 2.08. The molecular weight excluding hydrogens is 293 g/mol. The summed E-state index contributed by atoms with van der Waals surface area (Å²) in [5.41, 5.74) is 2.20. The molecule has 0 amide bonds. The van der Waals surface area contributed by atoms with E-state index in [0.29, 0.717) is 16.6 Å². The molecule has 0 heterocycles. The summed E-state index contributed by atoms with van der Waals surface area (Å²) in [7, 11) is 1.66. The van der Waals surface area contributed by atoms with Gasteiger partial charge in [0.05, 0.1) is 17.2 Å². The Morgan fingerprint density at radius 2 is 1.80 bits per heavy atom. The summed E-state index contributed by atoms with van der Waals surface area (Å²) in [6.45, 7) is 2.78. The minimum absolute atomic E-state index is 0.218. The number of benzene rings is 2. The van der Waals surface area contributed by atoms with E-state index >= 15 is 0 Å². The number of methoxy groups -OCH3 is 1. The Bertz CT molecular complexity index is 569. The predicted octanol–water partition coefficient (Wildman–Crippen LogP) is 4.85. The van der Waals surface area contributed by atoms with E-state index in [1.54, 1.807) is 13.2 Å². The molecule has 0 aliphatic carbocycles. The fourth-order valence-electron chi connectivity index (χ4n) is 1.96. The monoisotopic (exact) mass is 309 g/mol. The molecule has 0 saturated heterocycles. The SMILES string of the molecule is COc1ccc([C@@H](C)NCc2cccc(Cl)c2Cl)cc1.